The molecule has 0 aliphatic rings. The number of rotatable bonds is 12. The Morgan fingerprint density at radius 3 is 0.921 bits per heavy atom. The van der Waals surface area contributed by atoms with Gasteiger partial charge in [-0.1, -0.05) is 328 Å². The Morgan fingerprint density at radius 1 is 0.184 bits per heavy atom. The summed E-state index contributed by atoms with van der Waals surface area (Å²) < 4.78 is 10.1. The van der Waals surface area contributed by atoms with Gasteiger partial charge in [0, 0.05) is 75.8 Å². The van der Waals surface area contributed by atoms with Gasteiger partial charge in [0.2, 0.25) is 0 Å². The lowest BCUT2D eigenvalue weighted by Crippen LogP contribution is -2.10. The summed E-state index contributed by atoms with van der Waals surface area (Å²) in [4.78, 5) is 4.85. The first-order valence-electron chi connectivity index (χ1n) is 38.9. The summed E-state index contributed by atoms with van der Waals surface area (Å²) in [6.07, 6.45) is 0. The molecule has 19 aromatic carbocycles. The molecule has 0 radical (unpaired) electrons. The Hall–Kier alpha value is -14.4. The molecule has 0 saturated carbocycles. The van der Waals surface area contributed by atoms with Crippen LogP contribution >= 0.6 is 22.7 Å². The smallest absolute Gasteiger partial charge is 0.0727 e. The third-order valence-electron chi connectivity index (χ3n) is 22.9. The molecule has 0 N–H and O–H groups in total. The molecule has 6 heteroatoms. The van der Waals surface area contributed by atoms with Gasteiger partial charge in [0.25, 0.3) is 0 Å². The van der Waals surface area contributed by atoms with Gasteiger partial charge in [0.1, 0.15) is 0 Å². The molecule has 534 valence electrons. The van der Waals surface area contributed by atoms with Crippen LogP contribution in [-0.4, -0.2) is 9.13 Å². The summed E-state index contributed by atoms with van der Waals surface area (Å²) in [5.41, 5.74) is 23.9. The highest BCUT2D eigenvalue weighted by Crippen LogP contribution is 2.51. The van der Waals surface area contributed by atoms with Crippen molar-refractivity contribution >= 4 is 173 Å². The summed E-state index contributed by atoms with van der Waals surface area (Å²) in [5.74, 6) is 0. The van der Waals surface area contributed by atoms with E-state index in [-0.39, 0.29) is 0 Å². The van der Waals surface area contributed by atoms with Gasteiger partial charge in [0.05, 0.1) is 42.8 Å². The normalized spacial score (nSPS) is 11.7. The predicted octanol–water partition coefficient (Wildman–Crippen LogP) is 31.4. The third kappa shape index (κ3) is 11.2. The minimum atomic E-state index is 1.11. The van der Waals surface area contributed by atoms with E-state index in [1.807, 2.05) is 22.7 Å². The van der Waals surface area contributed by atoms with Gasteiger partial charge in [-0.05, 0) is 185 Å². The van der Waals surface area contributed by atoms with Crippen LogP contribution in [0.25, 0.3) is 172 Å². The number of hydrogen-bond acceptors (Lipinski definition) is 4. The molecule has 0 fully saturated rings. The molecule has 0 bridgehead atoms. The van der Waals surface area contributed by atoms with Crippen molar-refractivity contribution in [1.29, 1.82) is 0 Å². The molecule has 0 amide bonds. The number of nitrogens with zero attached hydrogens (tertiary/aromatic N) is 4. The van der Waals surface area contributed by atoms with Gasteiger partial charge < -0.3 is 18.9 Å². The maximum absolute atomic E-state index is 2.44. The average Bonchev–Trinajstić information content (AvgIpc) is 1.59. The van der Waals surface area contributed by atoms with Gasteiger partial charge in [-0.25, -0.2) is 0 Å². The molecule has 4 nitrogen and oxygen atoms in total. The van der Waals surface area contributed by atoms with Crippen molar-refractivity contribution < 1.29 is 0 Å². The quantitative estimate of drug-likeness (QED) is 0.113. The highest BCUT2D eigenvalue weighted by Gasteiger charge is 2.25. The summed E-state index contributed by atoms with van der Waals surface area (Å²) in [6, 6.07) is 155. The second-order valence-electron chi connectivity index (χ2n) is 29.4. The molecule has 23 rings (SSSR count). The largest absolute Gasteiger partial charge is 0.310 e. The van der Waals surface area contributed by atoms with Crippen LogP contribution in [0.1, 0.15) is 0 Å². The number of fused-ring (bicyclic) bond motifs is 17. The van der Waals surface area contributed by atoms with Gasteiger partial charge in [-0.15, -0.1) is 22.7 Å². The van der Waals surface area contributed by atoms with Gasteiger partial charge in [-0.2, -0.15) is 0 Å². The van der Waals surface area contributed by atoms with Crippen LogP contribution in [0, 0.1) is 0 Å². The molecular formula is C108H70N4S2. The molecule has 0 aliphatic carbocycles. The number of thiophene rings is 2. The van der Waals surface area contributed by atoms with Crippen molar-refractivity contribution in [2.75, 3.05) is 9.80 Å². The highest BCUT2D eigenvalue weighted by molar-refractivity contribution is 7.27. The zero-order chi connectivity index (χ0) is 75.2. The van der Waals surface area contributed by atoms with E-state index in [1.165, 1.54) is 172 Å². The molecule has 0 unspecified atom stereocenters. The van der Waals surface area contributed by atoms with Gasteiger partial charge in [0.15, 0.2) is 0 Å². The zero-order valence-electron chi connectivity index (χ0n) is 62.0. The van der Waals surface area contributed by atoms with Crippen LogP contribution < -0.4 is 9.80 Å². The Kier molecular flexibility index (Phi) is 16.3. The molecule has 114 heavy (non-hydrogen) atoms. The number of benzene rings is 19. The third-order valence-corrected chi connectivity index (χ3v) is 25.5. The van der Waals surface area contributed by atoms with Gasteiger partial charge >= 0.3 is 0 Å². The second kappa shape index (κ2) is 27.9. The summed E-state index contributed by atoms with van der Waals surface area (Å²) in [5, 5.41) is 17.6. The predicted molar refractivity (Wildman–Crippen MR) is 491 cm³/mol. The fourth-order valence-electron chi connectivity index (χ4n) is 17.7. The number of para-hydroxylation sites is 4. The highest BCUT2D eigenvalue weighted by atomic mass is 32.1. The minimum Gasteiger partial charge on any atom is -0.310 e. The molecule has 0 saturated heterocycles. The summed E-state index contributed by atoms with van der Waals surface area (Å²) >= 11 is 3.81. The van der Waals surface area contributed by atoms with E-state index in [2.05, 4.69) is 444 Å². The van der Waals surface area contributed by atoms with Crippen molar-refractivity contribution in [2.45, 2.75) is 0 Å². The van der Waals surface area contributed by atoms with Crippen molar-refractivity contribution in [3.63, 3.8) is 0 Å². The molecular weight excluding hydrogens is 1420 g/mol. The van der Waals surface area contributed by atoms with Crippen LogP contribution in [0.15, 0.2) is 425 Å². The fraction of sp³-hybridized carbons (Fsp3) is 0. The van der Waals surface area contributed by atoms with Crippen LogP contribution in [0.5, 0.6) is 0 Å². The molecule has 0 atom stereocenters. The topological polar surface area (TPSA) is 16.3 Å². The number of aromatic nitrogens is 2. The lowest BCUT2D eigenvalue weighted by molar-refractivity contribution is 1.19. The van der Waals surface area contributed by atoms with Gasteiger partial charge in [-0.3, -0.25) is 0 Å². The molecule has 4 aromatic heterocycles. The standard InChI is InChI=1S/C56H36N2S.C52H34N2S/c1-2-17-41(18-3-1)58-52-27-11-10-23-50(52)56-54(58)51-26-13-25-47(55(51)59-56)39-30-34-43(35-31-39)57(53-36-40-15-5-7-20-46(40)48-21-8-9-22-49(48)53)42-32-28-38(29-33-42)45-24-12-16-37-14-4-6-19-44(37)45;1-3-14-35(15-4-1)36-26-30-40(31-27-36)53(49-34-38-16-7-8-19-42(38)44-20-9-10-21-45(44)49)41-32-28-37(29-33-41)43-23-13-24-47-50-52(55-51(43)47)46-22-11-12-25-48(46)54(50)39-17-5-2-6-18-39/h1-36H;1-34H. The van der Waals surface area contributed by atoms with Crippen molar-refractivity contribution in [2.24, 2.45) is 0 Å². The van der Waals surface area contributed by atoms with E-state index in [1.54, 1.807) is 0 Å². The molecule has 4 heterocycles. The second-order valence-corrected chi connectivity index (χ2v) is 31.4. The number of anilines is 6. The molecule has 0 spiro atoms. The minimum absolute atomic E-state index is 1.11. The van der Waals surface area contributed by atoms with Crippen molar-refractivity contribution in [3.8, 4) is 55.9 Å². The first-order valence-corrected chi connectivity index (χ1v) is 40.6. The summed E-state index contributed by atoms with van der Waals surface area (Å²) in [7, 11) is 0. The van der Waals surface area contributed by atoms with E-state index in [0.717, 1.165) is 34.1 Å². The van der Waals surface area contributed by atoms with Crippen LogP contribution in [0.2, 0.25) is 0 Å². The zero-order valence-corrected chi connectivity index (χ0v) is 63.7. The van der Waals surface area contributed by atoms with Crippen molar-refractivity contribution in [1.82, 2.24) is 9.13 Å². The maximum atomic E-state index is 2.44. The van der Waals surface area contributed by atoms with E-state index >= 15 is 0 Å². The van der Waals surface area contributed by atoms with Crippen LogP contribution in [-0.2, 0) is 0 Å². The Morgan fingerprint density at radius 2 is 0.482 bits per heavy atom. The van der Waals surface area contributed by atoms with Crippen LogP contribution in [0.4, 0.5) is 34.1 Å². The Balaban J connectivity index is 0.000000139. The Labute approximate surface area is 667 Å². The van der Waals surface area contributed by atoms with E-state index in [4.69, 9.17) is 0 Å². The van der Waals surface area contributed by atoms with Crippen molar-refractivity contribution in [3.05, 3.63) is 425 Å². The first kappa shape index (κ1) is 66.6. The Bertz CT molecular complexity index is 7620. The molecule has 0 aliphatic heterocycles. The monoisotopic (exact) mass is 1490 g/mol. The SMILES string of the molecule is c1ccc(-c2ccc(N(c3ccc(-c4cccc5c4sc4c6ccccc6n(-c6ccccc6)c54)cc3)c3cc4ccccc4c4ccccc34)cc2)cc1.c1ccc(-n2c3ccccc3c3sc4c(-c5ccc(N(c6ccc(-c7cccc8ccccc78)cc6)c6cc7ccccc7c7ccccc67)cc5)cccc4c32)cc1. The lowest BCUT2D eigenvalue weighted by Gasteiger charge is -2.28. The fourth-order valence-corrected chi connectivity index (χ4v) is 20.4. The summed E-state index contributed by atoms with van der Waals surface area (Å²) in [6.45, 7) is 0. The average molecular weight is 1490 g/mol. The van der Waals surface area contributed by atoms with E-state index in [9.17, 15) is 0 Å². The van der Waals surface area contributed by atoms with E-state index < -0.39 is 0 Å². The van der Waals surface area contributed by atoms with E-state index in [0.29, 0.717) is 0 Å². The first-order chi connectivity index (χ1) is 56.6. The van der Waals surface area contributed by atoms with Crippen LogP contribution in [0.3, 0.4) is 0 Å². The maximum Gasteiger partial charge on any atom is 0.0727 e. The molecule has 23 aromatic rings. The lowest BCUT2D eigenvalue weighted by atomic mass is 9.97. The number of hydrogen-bond donors (Lipinski definition) is 0.